The second kappa shape index (κ2) is 6.71. The molecule has 4 heteroatoms. The minimum absolute atomic E-state index is 0.0322. The van der Waals surface area contributed by atoms with Crippen molar-refractivity contribution in [2.24, 2.45) is 5.10 Å². The van der Waals surface area contributed by atoms with Crippen LogP contribution in [0.1, 0.15) is 38.7 Å². The van der Waals surface area contributed by atoms with Gasteiger partial charge >= 0.3 is 0 Å². The lowest BCUT2D eigenvalue weighted by Crippen LogP contribution is -2.18. The number of carbonyl (C=O) groups is 1. The van der Waals surface area contributed by atoms with Crippen LogP contribution in [0.5, 0.6) is 0 Å². The molecule has 0 saturated carbocycles. The van der Waals surface area contributed by atoms with Gasteiger partial charge in [0.15, 0.2) is 0 Å². The van der Waals surface area contributed by atoms with Gasteiger partial charge in [-0.2, -0.15) is 5.10 Å². The van der Waals surface area contributed by atoms with Gasteiger partial charge in [-0.25, -0.2) is 5.43 Å². The summed E-state index contributed by atoms with van der Waals surface area (Å²) >= 11 is 0. The third-order valence-corrected chi connectivity index (χ3v) is 2.20. The Morgan fingerprint density at radius 1 is 1.44 bits per heavy atom. The average molecular weight is 219 g/mol. The van der Waals surface area contributed by atoms with Crippen LogP contribution in [0.3, 0.4) is 0 Å². The minimum atomic E-state index is -0.0322. The highest BCUT2D eigenvalue weighted by molar-refractivity contribution is 5.99. The Labute approximate surface area is 95.8 Å². The predicted molar refractivity (Wildman–Crippen MR) is 64.1 cm³/mol. The number of amides is 1. The largest absolute Gasteiger partial charge is 0.273 e. The Balaban J connectivity index is 2.48. The van der Waals surface area contributed by atoms with E-state index in [0.29, 0.717) is 6.42 Å². The second-order valence-electron chi connectivity index (χ2n) is 3.57. The summed E-state index contributed by atoms with van der Waals surface area (Å²) in [6, 6.07) is 3.72. The Bertz CT molecular complexity index is 360. The predicted octanol–water partition coefficient (Wildman–Crippen LogP) is 2.11. The van der Waals surface area contributed by atoms with Crippen molar-refractivity contribution in [1.82, 2.24) is 10.4 Å². The maximum atomic E-state index is 11.3. The van der Waals surface area contributed by atoms with E-state index in [1.807, 2.05) is 19.1 Å². The van der Waals surface area contributed by atoms with Crippen molar-refractivity contribution in [3.05, 3.63) is 30.1 Å². The fourth-order valence-electron chi connectivity index (χ4n) is 1.20. The fraction of sp³-hybridized carbons (Fsp3) is 0.417. The molecule has 0 atom stereocenters. The summed E-state index contributed by atoms with van der Waals surface area (Å²) in [4.78, 5) is 15.2. The molecule has 0 saturated heterocycles. The summed E-state index contributed by atoms with van der Waals surface area (Å²) < 4.78 is 0. The van der Waals surface area contributed by atoms with E-state index in [1.54, 1.807) is 12.4 Å². The van der Waals surface area contributed by atoms with E-state index in [-0.39, 0.29) is 5.91 Å². The zero-order valence-corrected chi connectivity index (χ0v) is 9.73. The van der Waals surface area contributed by atoms with E-state index in [0.717, 1.165) is 24.1 Å². The molecular formula is C12H17N3O. The zero-order valence-electron chi connectivity index (χ0n) is 9.73. The van der Waals surface area contributed by atoms with Crippen molar-refractivity contribution in [3.8, 4) is 0 Å². The molecule has 1 aromatic heterocycles. The highest BCUT2D eigenvalue weighted by Crippen LogP contribution is 1.98. The van der Waals surface area contributed by atoms with Crippen molar-refractivity contribution in [2.45, 2.75) is 33.1 Å². The summed E-state index contributed by atoms with van der Waals surface area (Å²) in [5.41, 5.74) is 4.29. The van der Waals surface area contributed by atoms with Crippen molar-refractivity contribution < 1.29 is 4.79 Å². The lowest BCUT2D eigenvalue weighted by molar-refractivity contribution is -0.121. The number of nitrogens with one attached hydrogen (secondary N) is 1. The van der Waals surface area contributed by atoms with E-state index in [9.17, 15) is 4.79 Å². The van der Waals surface area contributed by atoms with Crippen molar-refractivity contribution >= 4 is 11.6 Å². The number of rotatable bonds is 5. The normalized spacial score (nSPS) is 11.2. The first-order chi connectivity index (χ1) is 7.74. The Morgan fingerprint density at radius 3 is 2.75 bits per heavy atom. The Hall–Kier alpha value is -1.71. The van der Waals surface area contributed by atoms with E-state index in [1.165, 1.54) is 0 Å². The molecule has 1 N–H and O–H groups in total. The number of hydrogen-bond acceptors (Lipinski definition) is 3. The van der Waals surface area contributed by atoms with E-state index in [2.05, 4.69) is 22.4 Å². The lowest BCUT2D eigenvalue weighted by atomic mass is 10.2. The first-order valence-corrected chi connectivity index (χ1v) is 5.47. The van der Waals surface area contributed by atoms with E-state index < -0.39 is 0 Å². The smallest absolute Gasteiger partial charge is 0.240 e. The van der Waals surface area contributed by atoms with Gasteiger partial charge in [-0.1, -0.05) is 13.3 Å². The molecule has 0 aromatic carbocycles. The van der Waals surface area contributed by atoms with Gasteiger partial charge in [0.2, 0.25) is 5.91 Å². The molecule has 86 valence electrons. The number of hydrogen-bond donors (Lipinski definition) is 1. The van der Waals surface area contributed by atoms with Gasteiger partial charge in [0.05, 0.1) is 5.71 Å². The summed E-state index contributed by atoms with van der Waals surface area (Å²) in [5, 5.41) is 4.04. The molecule has 0 bridgehead atoms. The van der Waals surface area contributed by atoms with E-state index in [4.69, 9.17) is 0 Å². The van der Waals surface area contributed by atoms with Crippen LogP contribution in [-0.2, 0) is 4.79 Å². The second-order valence-corrected chi connectivity index (χ2v) is 3.57. The van der Waals surface area contributed by atoms with E-state index >= 15 is 0 Å². The lowest BCUT2D eigenvalue weighted by Gasteiger charge is -2.01. The van der Waals surface area contributed by atoms with Crippen LogP contribution in [0.4, 0.5) is 0 Å². The SMILES string of the molecule is CCCCC(=O)N/N=C(\C)c1ccncc1. The molecule has 0 aliphatic heterocycles. The van der Waals surface area contributed by atoms with Crippen LogP contribution >= 0.6 is 0 Å². The van der Waals surface area contributed by atoms with Crippen LogP contribution in [0, 0.1) is 0 Å². The number of nitrogens with zero attached hydrogens (tertiary/aromatic N) is 2. The van der Waals surface area contributed by atoms with Crippen LogP contribution in [0.25, 0.3) is 0 Å². The van der Waals surface area contributed by atoms with Crippen LogP contribution in [0.2, 0.25) is 0 Å². The minimum Gasteiger partial charge on any atom is -0.273 e. The summed E-state index contributed by atoms with van der Waals surface area (Å²) in [6.45, 7) is 3.91. The highest BCUT2D eigenvalue weighted by atomic mass is 16.2. The van der Waals surface area contributed by atoms with Gasteiger partial charge in [0, 0.05) is 24.4 Å². The van der Waals surface area contributed by atoms with Gasteiger partial charge in [0.1, 0.15) is 0 Å². The first kappa shape index (κ1) is 12.4. The summed E-state index contributed by atoms with van der Waals surface area (Å²) in [7, 11) is 0. The summed E-state index contributed by atoms with van der Waals surface area (Å²) in [6.07, 6.45) is 5.85. The molecule has 0 aliphatic rings. The number of pyridine rings is 1. The Kier molecular flexibility index (Phi) is 5.19. The molecule has 1 amide bonds. The Morgan fingerprint density at radius 2 is 2.12 bits per heavy atom. The van der Waals surface area contributed by atoms with Crippen molar-refractivity contribution in [2.75, 3.05) is 0 Å². The van der Waals surface area contributed by atoms with Crippen molar-refractivity contribution in [1.29, 1.82) is 0 Å². The first-order valence-electron chi connectivity index (χ1n) is 5.47. The monoisotopic (exact) mass is 219 g/mol. The molecule has 1 rings (SSSR count). The number of unbranched alkanes of at least 4 members (excludes halogenated alkanes) is 1. The third-order valence-electron chi connectivity index (χ3n) is 2.20. The van der Waals surface area contributed by atoms with Crippen molar-refractivity contribution in [3.63, 3.8) is 0 Å². The van der Waals surface area contributed by atoms with Crippen LogP contribution < -0.4 is 5.43 Å². The van der Waals surface area contributed by atoms with Gasteiger partial charge in [-0.05, 0) is 25.5 Å². The fourth-order valence-corrected chi connectivity index (χ4v) is 1.20. The molecule has 1 heterocycles. The highest BCUT2D eigenvalue weighted by Gasteiger charge is 1.99. The average Bonchev–Trinajstić information content (AvgIpc) is 2.34. The molecule has 4 nitrogen and oxygen atoms in total. The maximum Gasteiger partial charge on any atom is 0.240 e. The molecule has 0 aliphatic carbocycles. The molecule has 0 radical (unpaired) electrons. The van der Waals surface area contributed by atoms with Crippen LogP contribution in [-0.4, -0.2) is 16.6 Å². The molecule has 1 aromatic rings. The third kappa shape index (κ3) is 4.21. The van der Waals surface area contributed by atoms with Gasteiger partial charge in [-0.3, -0.25) is 9.78 Å². The number of carbonyl (C=O) groups excluding carboxylic acids is 1. The standard InChI is InChI=1S/C12H17N3O/c1-3-4-5-12(16)15-14-10(2)11-6-8-13-9-7-11/h6-9H,3-5H2,1-2H3,(H,15,16)/b14-10+. The molecule has 16 heavy (non-hydrogen) atoms. The quantitative estimate of drug-likeness (QED) is 0.609. The van der Waals surface area contributed by atoms with Gasteiger partial charge in [-0.15, -0.1) is 0 Å². The van der Waals surface area contributed by atoms with Crippen LogP contribution in [0.15, 0.2) is 29.6 Å². The molecular weight excluding hydrogens is 202 g/mol. The van der Waals surface area contributed by atoms with Gasteiger partial charge in [0.25, 0.3) is 0 Å². The maximum absolute atomic E-state index is 11.3. The van der Waals surface area contributed by atoms with Gasteiger partial charge < -0.3 is 0 Å². The molecule has 0 spiro atoms. The number of hydrazone groups is 1. The zero-order chi connectivity index (χ0) is 11.8. The number of aromatic nitrogens is 1. The molecule has 0 fully saturated rings. The summed E-state index contributed by atoms with van der Waals surface area (Å²) in [5.74, 6) is -0.0322. The molecule has 0 unspecified atom stereocenters. The topological polar surface area (TPSA) is 54.4 Å².